The number of nitrogens with one attached hydrogen (secondary N) is 1. The van der Waals surface area contributed by atoms with Gasteiger partial charge in [0.2, 0.25) is 11.8 Å². The lowest BCUT2D eigenvalue weighted by molar-refractivity contribution is -0.113. The highest BCUT2D eigenvalue weighted by atomic mass is 32.2. The Hall–Kier alpha value is -1.93. The average Bonchev–Trinajstić information content (AvgIpc) is 3.10. The van der Waals surface area contributed by atoms with Crippen molar-refractivity contribution in [1.82, 2.24) is 15.1 Å². The van der Waals surface area contributed by atoms with Crippen LogP contribution in [-0.2, 0) is 10.2 Å². The molecule has 0 aliphatic rings. The predicted octanol–water partition coefficient (Wildman–Crippen LogP) is 4.63. The van der Waals surface area contributed by atoms with Crippen LogP contribution in [0.3, 0.4) is 0 Å². The minimum absolute atomic E-state index is 0.125. The third-order valence-corrected chi connectivity index (χ3v) is 6.06. The molecule has 6 nitrogen and oxygen atoms in total. The highest BCUT2D eigenvalue weighted by Crippen LogP contribution is 2.35. The van der Waals surface area contributed by atoms with Crippen molar-refractivity contribution in [2.24, 2.45) is 0 Å². The highest BCUT2D eigenvalue weighted by molar-refractivity contribution is 8.00. The van der Waals surface area contributed by atoms with Gasteiger partial charge in [0, 0.05) is 21.7 Å². The molecule has 0 fully saturated rings. The standard InChI is InChI=1S/C18H22N4O2S2/c1-9-10(2)26-17-15(9)16(19-11(3)20-17)25-8-13(23)21-14-7-12(22-24-14)18(4,5)6/h7H,8H2,1-6H3,(H,21,23). The summed E-state index contributed by atoms with van der Waals surface area (Å²) in [4.78, 5) is 23.5. The van der Waals surface area contributed by atoms with Crippen molar-refractivity contribution < 1.29 is 9.32 Å². The Morgan fingerprint density at radius 1 is 1.27 bits per heavy atom. The number of thiophene rings is 1. The van der Waals surface area contributed by atoms with E-state index in [4.69, 9.17) is 4.52 Å². The van der Waals surface area contributed by atoms with Crippen molar-refractivity contribution in [2.45, 2.75) is 52.0 Å². The minimum atomic E-state index is -0.152. The Balaban J connectivity index is 1.72. The fraction of sp³-hybridized carbons (Fsp3) is 0.444. The first-order valence-corrected chi connectivity index (χ1v) is 10.1. The zero-order valence-corrected chi connectivity index (χ0v) is 17.4. The Morgan fingerprint density at radius 2 is 2.00 bits per heavy atom. The van der Waals surface area contributed by atoms with E-state index in [2.05, 4.69) is 34.3 Å². The Bertz CT molecular complexity index is 970. The molecular formula is C18H22N4O2S2. The number of hydrogen-bond acceptors (Lipinski definition) is 7. The lowest BCUT2D eigenvalue weighted by Gasteiger charge is -2.12. The van der Waals surface area contributed by atoms with Crippen LogP contribution < -0.4 is 5.32 Å². The van der Waals surface area contributed by atoms with E-state index in [1.54, 1.807) is 17.4 Å². The number of fused-ring (bicyclic) bond motifs is 1. The number of rotatable bonds is 4. The minimum Gasteiger partial charge on any atom is -0.338 e. The number of carbonyl (C=O) groups is 1. The van der Waals surface area contributed by atoms with E-state index in [0.29, 0.717) is 11.7 Å². The quantitative estimate of drug-likeness (QED) is 0.516. The molecular weight excluding hydrogens is 368 g/mol. The number of thioether (sulfide) groups is 1. The second kappa shape index (κ2) is 7.00. The van der Waals surface area contributed by atoms with Crippen molar-refractivity contribution in [2.75, 3.05) is 11.1 Å². The molecule has 138 valence electrons. The van der Waals surface area contributed by atoms with Crippen LogP contribution in [0.4, 0.5) is 5.88 Å². The van der Waals surface area contributed by atoms with Gasteiger partial charge in [0.15, 0.2) is 0 Å². The van der Waals surface area contributed by atoms with Gasteiger partial charge < -0.3 is 4.52 Å². The molecule has 3 rings (SSSR count). The van der Waals surface area contributed by atoms with Crippen molar-refractivity contribution in [1.29, 1.82) is 0 Å². The lowest BCUT2D eigenvalue weighted by Crippen LogP contribution is -2.14. The van der Waals surface area contributed by atoms with E-state index in [1.807, 2.05) is 27.7 Å². The molecule has 0 atom stereocenters. The normalized spacial score (nSPS) is 11.9. The third-order valence-electron chi connectivity index (χ3n) is 3.99. The number of amides is 1. The molecule has 3 aromatic rings. The summed E-state index contributed by atoms with van der Waals surface area (Å²) in [5, 5.41) is 8.66. The summed E-state index contributed by atoms with van der Waals surface area (Å²) in [5.74, 6) is 1.17. The van der Waals surface area contributed by atoms with Gasteiger partial charge >= 0.3 is 0 Å². The zero-order valence-electron chi connectivity index (χ0n) is 15.8. The van der Waals surface area contributed by atoms with Gasteiger partial charge in [0.1, 0.15) is 15.7 Å². The SMILES string of the molecule is Cc1nc(SCC(=O)Nc2cc(C(C)(C)C)no2)c2c(C)c(C)sc2n1. The summed E-state index contributed by atoms with van der Waals surface area (Å²) in [6.07, 6.45) is 0. The van der Waals surface area contributed by atoms with Crippen molar-refractivity contribution >= 4 is 45.1 Å². The van der Waals surface area contributed by atoms with E-state index in [-0.39, 0.29) is 17.1 Å². The summed E-state index contributed by atoms with van der Waals surface area (Å²) in [6, 6.07) is 1.77. The summed E-state index contributed by atoms with van der Waals surface area (Å²) >= 11 is 3.07. The van der Waals surface area contributed by atoms with Gasteiger partial charge in [-0.05, 0) is 26.3 Å². The van der Waals surface area contributed by atoms with Crippen LogP contribution in [0.15, 0.2) is 15.6 Å². The van der Waals surface area contributed by atoms with E-state index >= 15 is 0 Å². The van der Waals surface area contributed by atoms with E-state index in [0.717, 1.165) is 20.9 Å². The number of nitrogens with zero attached hydrogens (tertiary/aromatic N) is 3. The first-order valence-electron chi connectivity index (χ1n) is 8.29. The molecule has 0 saturated heterocycles. The zero-order chi connectivity index (χ0) is 19.1. The van der Waals surface area contributed by atoms with Crippen LogP contribution in [0.25, 0.3) is 10.2 Å². The molecule has 8 heteroatoms. The number of carbonyl (C=O) groups excluding carboxylic acids is 1. The molecule has 0 bridgehead atoms. The van der Waals surface area contributed by atoms with Gasteiger partial charge in [-0.25, -0.2) is 9.97 Å². The Morgan fingerprint density at radius 3 is 2.65 bits per heavy atom. The summed E-state index contributed by atoms with van der Waals surface area (Å²) in [5.41, 5.74) is 1.86. The fourth-order valence-electron chi connectivity index (χ4n) is 2.41. The first-order chi connectivity index (χ1) is 12.1. The molecule has 0 saturated carbocycles. The second-order valence-corrected chi connectivity index (χ2v) is 9.37. The topological polar surface area (TPSA) is 80.9 Å². The van der Waals surface area contributed by atoms with E-state index < -0.39 is 0 Å². The molecule has 0 spiro atoms. The number of hydrogen-bond donors (Lipinski definition) is 1. The predicted molar refractivity (Wildman–Crippen MR) is 106 cm³/mol. The maximum atomic E-state index is 12.3. The molecule has 3 heterocycles. The van der Waals surface area contributed by atoms with Crippen LogP contribution in [0, 0.1) is 20.8 Å². The van der Waals surface area contributed by atoms with E-state index in [1.165, 1.54) is 22.2 Å². The molecule has 0 aliphatic heterocycles. The first kappa shape index (κ1) is 18.8. The van der Waals surface area contributed by atoms with Crippen molar-refractivity contribution in [3.8, 4) is 0 Å². The van der Waals surface area contributed by atoms with Gasteiger partial charge in [0.05, 0.1) is 11.4 Å². The monoisotopic (exact) mass is 390 g/mol. The lowest BCUT2D eigenvalue weighted by atomic mass is 9.92. The molecule has 1 N–H and O–H groups in total. The Labute approximate surface area is 160 Å². The van der Waals surface area contributed by atoms with Gasteiger partial charge in [-0.2, -0.15) is 0 Å². The van der Waals surface area contributed by atoms with Crippen molar-refractivity contribution in [3.63, 3.8) is 0 Å². The van der Waals surface area contributed by atoms with Crippen LogP contribution in [0.1, 0.15) is 42.7 Å². The largest absolute Gasteiger partial charge is 0.338 e. The third kappa shape index (κ3) is 3.91. The smallest absolute Gasteiger partial charge is 0.237 e. The molecule has 1 amide bonds. The van der Waals surface area contributed by atoms with Gasteiger partial charge in [-0.15, -0.1) is 11.3 Å². The van der Waals surface area contributed by atoms with Crippen LogP contribution >= 0.6 is 23.1 Å². The summed E-state index contributed by atoms with van der Waals surface area (Å²) < 4.78 is 5.21. The highest BCUT2D eigenvalue weighted by Gasteiger charge is 2.20. The molecule has 3 aromatic heterocycles. The summed E-state index contributed by atoms with van der Waals surface area (Å²) in [7, 11) is 0. The number of aromatic nitrogens is 3. The average molecular weight is 391 g/mol. The molecule has 26 heavy (non-hydrogen) atoms. The maximum absolute atomic E-state index is 12.3. The molecule has 0 unspecified atom stereocenters. The fourth-order valence-corrected chi connectivity index (χ4v) is 4.48. The van der Waals surface area contributed by atoms with Gasteiger partial charge in [-0.3, -0.25) is 10.1 Å². The summed E-state index contributed by atoms with van der Waals surface area (Å²) in [6.45, 7) is 12.1. The number of anilines is 1. The second-order valence-electron chi connectivity index (χ2n) is 7.20. The molecule has 0 aliphatic carbocycles. The molecule has 0 radical (unpaired) electrons. The number of aryl methyl sites for hydroxylation is 3. The maximum Gasteiger partial charge on any atom is 0.237 e. The van der Waals surface area contributed by atoms with Crippen LogP contribution in [0.2, 0.25) is 0 Å². The van der Waals surface area contributed by atoms with Crippen LogP contribution in [0.5, 0.6) is 0 Å². The van der Waals surface area contributed by atoms with Crippen molar-refractivity contribution in [3.05, 3.63) is 28.0 Å². The van der Waals surface area contributed by atoms with Gasteiger partial charge in [-0.1, -0.05) is 37.7 Å². The Kier molecular flexibility index (Phi) is 5.07. The van der Waals surface area contributed by atoms with Crippen LogP contribution in [-0.4, -0.2) is 26.8 Å². The molecule has 0 aromatic carbocycles. The van der Waals surface area contributed by atoms with E-state index in [9.17, 15) is 4.79 Å². The van der Waals surface area contributed by atoms with Gasteiger partial charge in [0.25, 0.3) is 0 Å².